The molecule has 2 aromatic carbocycles. The standard InChI is InChI=1S/C18H18FNO2/c19-16-9-6-15(7-10-16)8-11-17(21)18(22)20-13-12-14-4-2-1-3-5-14/h1-7,9-10H,8,11-13H2,(H,20,22). The molecule has 0 aliphatic carbocycles. The first-order valence-corrected chi connectivity index (χ1v) is 7.24. The predicted molar refractivity (Wildman–Crippen MR) is 82.9 cm³/mol. The number of aryl methyl sites for hydroxylation is 1. The maximum atomic E-state index is 12.8. The smallest absolute Gasteiger partial charge is 0.287 e. The van der Waals surface area contributed by atoms with Crippen molar-refractivity contribution in [2.75, 3.05) is 6.54 Å². The van der Waals surface area contributed by atoms with Crippen LogP contribution in [0.5, 0.6) is 0 Å². The zero-order valence-corrected chi connectivity index (χ0v) is 12.2. The fraction of sp³-hybridized carbons (Fsp3) is 0.222. The molecule has 4 heteroatoms. The van der Waals surface area contributed by atoms with E-state index in [4.69, 9.17) is 0 Å². The zero-order valence-electron chi connectivity index (χ0n) is 12.2. The Balaban J connectivity index is 1.70. The predicted octanol–water partition coefficient (Wildman–Crippen LogP) is 2.69. The Labute approximate surface area is 129 Å². The summed E-state index contributed by atoms with van der Waals surface area (Å²) >= 11 is 0. The molecule has 0 heterocycles. The summed E-state index contributed by atoms with van der Waals surface area (Å²) in [4.78, 5) is 23.4. The van der Waals surface area contributed by atoms with Crippen molar-refractivity contribution in [2.24, 2.45) is 0 Å². The molecule has 0 aliphatic heterocycles. The van der Waals surface area contributed by atoms with Crippen molar-refractivity contribution in [3.63, 3.8) is 0 Å². The van der Waals surface area contributed by atoms with Crippen LogP contribution in [0.4, 0.5) is 4.39 Å². The van der Waals surface area contributed by atoms with Crippen LogP contribution in [0.15, 0.2) is 54.6 Å². The first kappa shape index (κ1) is 15.9. The third kappa shape index (κ3) is 5.13. The van der Waals surface area contributed by atoms with Crippen molar-refractivity contribution in [1.82, 2.24) is 5.32 Å². The van der Waals surface area contributed by atoms with Crippen LogP contribution in [0.1, 0.15) is 17.5 Å². The molecule has 0 unspecified atom stereocenters. The van der Waals surface area contributed by atoms with Crippen molar-refractivity contribution in [3.05, 3.63) is 71.5 Å². The van der Waals surface area contributed by atoms with E-state index < -0.39 is 11.7 Å². The monoisotopic (exact) mass is 299 g/mol. The van der Waals surface area contributed by atoms with E-state index >= 15 is 0 Å². The van der Waals surface area contributed by atoms with E-state index in [0.717, 1.165) is 11.1 Å². The molecule has 1 amide bonds. The molecular formula is C18H18FNO2. The average Bonchev–Trinajstić information content (AvgIpc) is 2.55. The van der Waals surface area contributed by atoms with Crippen molar-refractivity contribution in [1.29, 1.82) is 0 Å². The van der Waals surface area contributed by atoms with Gasteiger partial charge in [0, 0.05) is 13.0 Å². The van der Waals surface area contributed by atoms with Crippen LogP contribution in [0, 0.1) is 5.82 Å². The minimum Gasteiger partial charge on any atom is -0.349 e. The number of nitrogens with one attached hydrogen (secondary N) is 1. The molecule has 0 aromatic heterocycles. The molecular weight excluding hydrogens is 281 g/mol. The summed E-state index contributed by atoms with van der Waals surface area (Å²) in [5.41, 5.74) is 1.95. The van der Waals surface area contributed by atoms with Crippen molar-refractivity contribution >= 4 is 11.7 Å². The first-order chi connectivity index (χ1) is 10.6. The molecule has 0 spiro atoms. The normalized spacial score (nSPS) is 10.2. The summed E-state index contributed by atoms with van der Waals surface area (Å²) in [5.74, 6) is -1.32. The van der Waals surface area contributed by atoms with E-state index in [9.17, 15) is 14.0 Å². The summed E-state index contributed by atoms with van der Waals surface area (Å²) in [6.45, 7) is 0.436. The minimum absolute atomic E-state index is 0.128. The van der Waals surface area contributed by atoms with Gasteiger partial charge in [-0.2, -0.15) is 0 Å². The summed E-state index contributed by atoms with van der Waals surface area (Å²) in [5, 5.41) is 2.63. The Kier molecular flexibility index (Phi) is 5.83. The fourth-order valence-electron chi connectivity index (χ4n) is 2.09. The molecule has 0 saturated heterocycles. The summed E-state index contributed by atoms with van der Waals surface area (Å²) < 4.78 is 12.8. The largest absolute Gasteiger partial charge is 0.349 e. The van der Waals surface area contributed by atoms with Crippen LogP contribution in [0.3, 0.4) is 0 Å². The van der Waals surface area contributed by atoms with Gasteiger partial charge < -0.3 is 5.32 Å². The lowest BCUT2D eigenvalue weighted by Gasteiger charge is -2.05. The van der Waals surface area contributed by atoms with Gasteiger partial charge in [0.25, 0.3) is 5.91 Å². The van der Waals surface area contributed by atoms with Crippen molar-refractivity contribution < 1.29 is 14.0 Å². The lowest BCUT2D eigenvalue weighted by Crippen LogP contribution is -2.32. The highest BCUT2D eigenvalue weighted by Gasteiger charge is 2.12. The third-order valence-corrected chi connectivity index (χ3v) is 3.35. The Bertz CT molecular complexity index is 623. The fourth-order valence-corrected chi connectivity index (χ4v) is 2.09. The molecule has 2 rings (SSSR count). The lowest BCUT2D eigenvalue weighted by atomic mass is 10.1. The van der Waals surface area contributed by atoms with Gasteiger partial charge in [-0.15, -0.1) is 0 Å². The van der Waals surface area contributed by atoms with E-state index in [-0.39, 0.29) is 12.2 Å². The van der Waals surface area contributed by atoms with Gasteiger partial charge >= 0.3 is 0 Å². The third-order valence-electron chi connectivity index (χ3n) is 3.35. The second-order valence-electron chi connectivity index (χ2n) is 5.04. The Morgan fingerprint density at radius 2 is 1.50 bits per heavy atom. The topological polar surface area (TPSA) is 46.2 Å². The number of halogens is 1. The van der Waals surface area contributed by atoms with Gasteiger partial charge in [0.2, 0.25) is 5.78 Å². The van der Waals surface area contributed by atoms with E-state index in [0.29, 0.717) is 19.4 Å². The lowest BCUT2D eigenvalue weighted by molar-refractivity contribution is -0.137. The highest BCUT2D eigenvalue weighted by molar-refractivity contribution is 6.36. The molecule has 0 radical (unpaired) electrons. The number of rotatable bonds is 7. The number of benzene rings is 2. The maximum absolute atomic E-state index is 12.8. The van der Waals surface area contributed by atoms with Gasteiger partial charge in [-0.05, 0) is 36.1 Å². The molecule has 3 nitrogen and oxygen atoms in total. The van der Waals surface area contributed by atoms with Crippen LogP contribution in [-0.4, -0.2) is 18.2 Å². The zero-order chi connectivity index (χ0) is 15.8. The van der Waals surface area contributed by atoms with Crippen molar-refractivity contribution in [2.45, 2.75) is 19.3 Å². The number of amides is 1. The van der Waals surface area contributed by atoms with Crippen molar-refractivity contribution in [3.8, 4) is 0 Å². The summed E-state index contributed by atoms with van der Waals surface area (Å²) in [7, 11) is 0. The molecule has 114 valence electrons. The summed E-state index contributed by atoms with van der Waals surface area (Å²) in [6.07, 6.45) is 1.26. The Morgan fingerprint density at radius 1 is 0.864 bits per heavy atom. The number of hydrogen-bond donors (Lipinski definition) is 1. The number of carbonyl (C=O) groups excluding carboxylic acids is 2. The average molecular weight is 299 g/mol. The van der Waals surface area contributed by atoms with Crippen LogP contribution >= 0.6 is 0 Å². The van der Waals surface area contributed by atoms with Gasteiger partial charge in [0.1, 0.15) is 5.82 Å². The van der Waals surface area contributed by atoms with Gasteiger partial charge in [0.15, 0.2) is 0 Å². The van der Waals surface area contributed by atoms with E-state index in [2.05, 4.69) is 5.32 Å². The molecule has 22 heavy (non-hydrogen) atoms. The van der Waals surface area contributed by atoms with Crippen LogP contribution in [0.2, 0.25) is 0 Å². The SMILES string of the molecule is O=C(CCc1ccc(F)cc1)C(=O)NCCc1ccccc1. The van der Waals surface area contributed by atoms with Crippen LogP contribution in [0.25, 0.3) is 0 Å². The summed E-state index contributed by atoms with van der Waals surface area (Å²) in [6, 6.07) is 15.7. The highest BCUT2D eigenvalue weighted by Crippen LogP contribution is 2.06. The number of Topliss-reactive ketones (excluding diaryl/α,β-unsaturated/α-hetero) is 1. The molecule has 0 atom stereocenters. The molecule has 1 N–H and O–H groups in total. The Hall–Kier alpha value is -2.49. The molecule has 2 aromatic rings. The number of hydrogen-bond acceptors (Lipinski definition) is 2. The van der Waals surface area contributed by atoms with Gasteiger partial charge in [-0.1, -0.05) is 42.5 Å². The van der Waals surface area contributed by atoms with Gasteiger partial charge in [-0.3, -0.25) is 9.59 Å². The quantitative estimate of drug-likeness (QED) is 0.799. The van der Waals surface area contributed by atoms with E-state index in [1.807, 2.05) is 30.3 Å². The minimum atomic E-state index is -0.557. The maximum Gasteiger partial charge on any atom is 0.287 e. The number of ketones is 1. The van der Waals surface area contributed by atoms with Gasteiger partial charge in [-0.25, -0.2) is 4.39 Å². The van der Waals surface area contributed by atoms with Crippen LogP contribution in [-0.2, 0) is 22.4 Å². The molecule has 0 fully saturated rings. The molecule has 0 bridgehead atoms. The Morgan fingerprint density at radius 3 is 2.18 bits per heavy atom. The first-order valence-electron chi connectivity index (χ1n) is 7.24. The molecule has 0 aliphatic rings. The second kappa shape index (κ2) is 8.08. The second-order valence-corrected chi connectivity index (χ2v) is 5.04. The highest BCUT2D eigenvalue weighted by atomic mass is 19.1. The number of carbonyl (C=O) groups is 2. The molecule has 0 saturated carbocycles. The van der Waals surface area contributed by atoms with E-state index in [1.54, 1.807) is 12.1 Å². The van der Waals surface area contributed by atoms with Crippen LogP contribution < -0.4 is 5.32 Å². The van der Waals surface area contributed by atoms with Gasteiger partial charge in [0.05, 0.1) is 0 Å². The van der Waals surface area contributed by atoms with E-state index in [1.165, 1.54) is 12.1 Å².